The molecule has 0 spiro atoms. The lowest BCUT2D eigenvalue weighted by atomic mass is 9.73. The molecule has 1 aliphatic rings. The van der Waals surface area contributed by atoms with Crippen LogP contribution in [0.5, 0.6) is 0 Å². The van der Waals surface area contributed by atoms with E-state index >= 15 is 0 Å². The quantitative estimate of drug-likeness (QED) is 0.728. The van der Waals surface area contributed by atoms with Crippen LogP contribution >= 0.6 is 0 Å². The van der Waals surface area contributed by atoms with Gasteiger partial charge < -0.3 is 5.32 Å². The molecule has 1 fully saturated rings. The molecule has 1 rings (SSSR count). The maximum Gasteiger partial charge on any atom is 0.0118 e. The zero-order valence-corrected chi connectivity index (χ0v) is 11.1. The van der Waals surface area contributed by atoms with Crippen molar-refractivity contribution in [3.63, 3.8) is 0 Å². The average Bonchev–Trinajstić information content (AvgIpc) is 2.30. The Morgan fingerprint density at radius 3 is 2.53 bits per heavy atom. The van der Waals surface area contributed by atoms with Crippen LogP contribution in [0.15, 0.2) is 0 Å². The Balaban J connectivity index is 2.51. The average molecular weight is 211 g/mol. The van der Waals surface area contributed by atoms with E-state index in [0.29, 0.717) is 0 Å². The van der Waals surface area contributed by atoms with Gasteiger partial charge in [0.15, 0.2) is 0 Å². The Labute approximate surface area is 96.0 Å². The zero-order chi connectivity index (χ0) is 11.3. The molecule has 1 nitrogen and oxygen atoms in total. The minimum atomic E-state index is 0.754. The molecular formula is C14H29N. The van der Waals surface area contributed by atoms with E-state index in [1.807, 2.05) is 0 Å². The summed E-state index contributed by atoms with van der Waals surface area (Å²) in [4.78, 5) is 0. The Bertz CT molecular complexity index is 167. The molecule has 4 unspecified atom stereocenters. The first kappa shape index (κ1) is 13.0. The van der Waals surface area contributed by atoms with Crippen molar-refractivity contribution in [2.24, 2.45) is 17.8 Å². The normalized spacial score (nSPS) is 31.2. The van der Waals surface area contributed by atoms with Gasteiger partial charge in [-0.3, -0.25) is 0 Å². The third-order valence-electron chi connectivity index (χ3n) is 4.50. The summed E-state index contributed by atoms with van der Waals surface area (Å²) in [7, 11) is 2.15. The molecule has 1 heteroatoms. The lowest BCUT2D eigenvalue weighted by Crippen LogP contribution is -2.41. The number of nitrogens with one attached hydrogen (secondary N) is 1. The van der Waals surface area contributed by atoms with Gasteiger partial charge in [0, 0.05) is 6.04 Å². The van der Waals surface area contributed by atoms with E-state index in [2.05, 4.69) is 33.1 Å². The SMILES string of the molecule is CCC1CCCC(C(NC)C(C)CC)C1. The molecule has 0 heterocycles. The maximum absolute atomic E-state index is 3.57. The molecule has 0 radical (unpaired) electrons. The van der Waals surface area contributed by atoms with Gasteiger partial charge in [0.2, 0.25) is 0 Å². The molecule has 0 aliphatic heterocycles. The van der Waals surface area contributed by atoms with Gasteiger partial charge in [0.1, 0.15) is 0 Å². The van der Waals surface area contributed by atoms with Gasteiger partial charge in [0.25, 0.3) is 0 Å². The summed E-state index contributed by atoms with van der Waals surface area (Å²) in [5.41, 5.74) is 0. The van der Waals surface area contributed by atoms with Crippen LogP contribution in [-0.2, 0) is 0 Å². The highest BCUT2D eigenvalue weighted by atomic mass is 14.9. The summed E-state index contributed by atoms with van der Waals surface area (Å²) in [5.74, 6) is 2.77. The molecule has 0 aromatic heterocycles. The van der Waals surface area contributed by atoms with Crippen molar-refractivity contribution >= 4 is 0 Å². The number of hydrogen-bond acceptors (Lipinski definition) is 1. The van der Waals surface area contributed by atoms with Crippen molar-refractivity contribution in [2.45, 2.75) is 65.3 Å². The van der Waals surface area contributed by atoms with Crippen molar-refractivity contribution in [1.82, 2.24) is 5.32 Å². The summed E-state index contributed by atoms with van der Waals surface area (Å²) in [6.07, 6.45) is 8.53. The lowest BCUT2D eigenvalue weighted by Gasteiger charge is -2.37. The van der Waals surface area contributed by atoms with Crippen molar-refractivity contribution in [2.75, 3.05) is 7.05 Å². The lowest BCUT2D eigenvalue weighted by molar-refractivity contribution is 0.177. The first-order valence-corrected chi connectivity index (χ1v) is 6.90. The van der Waals surface area contributed by atoms with Gasteiger partial charge in [0.05, 0.1) is 0 Å². The smallest absolute Gasteiger partial charge is 0.0118 e. The van der Waals surface area contributed by atoms with Gasteiger partial charge in [-0.2, -0.15) is 0 Å². The monoisotopic (exact) mass is 211 g/mol. The standard InChI is InChI=1S/C14H29N/c1-5-11(3)14(15-4)13-9-7-8-12(6-2)10-13/h11-15H,5-10H2,1-4H3. The summed E-state index contributed by atoms with van der Waals surface area (Å²) < 4.78 is 0. The van der Waals surface area contributed by atoms with Crippen LogP contribution in [0.25, 0.3) is 0 Å². The molecule has 0 bridgehead atoms. The molecule has 0 saturated heterocycles. The third-order valence-corrected chi connectivity index (χ3v) is 4.50. The van der Waals surface area contributed by atoms with E-state index in [9.17, 15) is 0 Å². The van der Waals surface area contributed by atoms with Crippen LogP contribution in [0, 0.1) is 17.8 Å². The van der Waals surface area contributed by atoms with Crippen LogP contribution in [0.1, 0.15) is 59.3 Å². The van der Waals surface area contributed by atoms with E-state index in [-0.39, 0.29) is 0 Å². The molecular weight excluding hydrogens is 182 g/mol. The van der Waals surface area contributed by atoms with Crippen LogP contribution in [-0.4, -0.2) is 13.1 Å². The molecule has 90 valence electrons. The van der Waals surface area contributed by atoms with E-state index in [0.717, 1.165) is 23.8 Å². The fraction of sp³-hybridized carbons (Fsp3) is 1.00. The highest BCUT2D eigenvalue weighted by molar-refractivity contribution is 4.84. The Morgan fingerprint density at radius 1 is 1.27 bits per heavy atom. The third kappa shape index (κ3) is 3.48. The van der Waals surface area contributed by atoms with E-state index in [1.54, 1.807) is 0 Å². The number of rotatable bonds is 5. The van der Waals surface area contributed by atoms with Crippen molar-refractivity contribution in [3.8, 4) is 0 Å². The summed E-state index contributed by atoms with van der Waals surface area (Å²) >= 11 is 0. The zero-order valence-electron chi connectivity index (χ0n) is 11.1. The molecule has 4 atom stereocenters. The molecule has 0 amide bonds. The highest BCUT2D eigenvalue weighted by Gasteiger charge is 2.29. The molecule has 15 heavy (non-hydrogen) atoms. The van der Waals surface area contributed by atoms with Crippen LogP contribution in [0.4, 0.5) is 0 Å². The van der Waals surface area contributed by atoms with Gasteiger partial charge in [-0.25, -0.2) is 0 Å². The van der Waals surface area contributed by atoms with Gasteiger partial charge in [-0.05, 0) is 37.6 Å². The van der Waals surface area contributed by atoms with Crippen LogP contribution in [0.2, 0.25) is 0 Å². The first-order chi connectivity index (χ1) is 7.22. The Hall–Kier alpha value is -0.0400. The highest BCUT2D eigenvalue weighted by Crippen LogP contribution is 2.35. The summed E-state index contributed by atoms with van der Waals surface area (Å²) in [5, 5.41) is 3.57. The fourth-order valence-electron chi connectivity index (χ4n) is 3.27. The summed E-state index contributed by atoms with van der Waals surface area (Å²) in [6.45, 7) is 7.07. The Morgan fingerprint density at radius 2 is 2.00 bits per heavy atom. The molecule has 0 aromatic rings. The van der Waals surface area contributed by atoms with E-state index in [1.165, 1.54) is 38.5 Å². The second-order valence-electron chi connectivity index (χ2n) is 5.40. The number of hydrogen-bond donors (Lipinski definition) is 1. The predicted octanol–water partition coefficient (Wildman–Crippen LogP) is 3.84. The second-order valence-corrected chi connectivity index (χ2v) is 5.40. The van der Waals surface area contributed by atoms with E-state index < -0.39 is 0 Å². The van der Waals surface area contributed by atoms with E-state index in [4.69, 9.17) is 0 Å². The fourth-order valence-corrected chi connectivity index (χ4v) is 3.27. The maximum atomic E-state index is 3.57. The van der Waals surface area contributed by atoms with Gasteiger partial charge >= 0.3 is 0 Å². The summed E-state index contributed by atoms with van der Waals surface area (Å²) in [6, 6.07) is 0.754. The van der Waals surface area contributed by atoms with Crippen molar-refractivity contribution in [3.05, 3.63) is 0 Å². The predicted molar refractivity (Wildman–Crippen MR) is 68.0 cm³/mol. The molecule has 1 aliphatic carbocycles. The molecule has 1 N–H and O–H groups in total. The van der Waals surface area contributed by atoms with Gasteiger partial charge in [-0.15, -0.1) is 0 Å². The molecule has 1 saturated carbocycles. The largest absolute Gasteiger partial charge is 0.316 e. The molecule has 0 aromatic carbocycles. The Kier molecular flexibility index (Phi) is 5.66. The van der Waals surface area contributed by atoms with Crippen LogP contribution in [0.3, 0.4) is 0 Å². The first-order valence-electron chi connectivity index (χ1n) is 6.90. The minimum Gasteiger partial charge on any atom is -0.316 e. The van der Waals surface area contributed by atoms with Crippen molar-refractivity contribution in [1.29, 1.82) is 0 Å². The second kappa shape index (κ2) is 6.52. The van der Waals surface area contributed by atoms with Crippen LogP contribution < -0.4 is 5.32 Å². The minimum absolute atomic E-state index is 0.754. The van der Waals surface area contributed by atoms with Crippen molar-refractivity contribution < 1.29 is 0 Å². The topological polar surface area (TPSA) is 12.0 Å². The van der Waals surface area contributed by atoms with Gasteiger partial charge in [-0.1, -0.05) is 46.5 Å².